The highest BCUT2D eigenvalue weighted by Crippen LogP contribution is 2.30. The maximum atomic E-state index is 5.50. The highest BCUT2D eigenvalue weighted by Gasteiger charge is 2.31. The van der Waals surface area contributed by atoms with Crippen molar-refractivity contribution in [3.63, 3.8) is 0 Å². The third-order valence-electron chi connectivity index (χ3n) is 5.92. The number of aromatic nitrogens is 4. The van der Waals surface area contributed by atoms with Crippen LogP contribution in [0, 0.1) is 0 Å². The maximum absolute atomic E-state index is 5.50. The van der Waals surface area contributed by atoms with Gasteiger partial charge in [-0.3, -0.25) is 0 Å². The summed E-state index contributed by atoms with van der Waals surface area (Å²) in [6, 6.07) is 6.14. The van der Waals surface area contributed by atoms with Crippen molar-refractivity contribution in [3.05, 3.63) is 36.3 Å². The summed E-state index contributed by atoms with van der Waals surface area (Å²) in [6.07, 6.45) is 3.76. The van der Waals surface area contributed by atoms with Crippen molar-refractivity contribution < 1.29 is 0 Å². The van der Waals surface area contributed by atoms with Crippen molar-refractivity contribution in [2.45, 2.75) is 19.4 Å². The number of rotatable bonds is 3. The Morgan fingerprint density at radius 2 is 1.90 bits per heavy atom. The van der Waals surface area contributed by atoms with Crippen LogP contribution >= 0.6 is 12.2 Å². The quantitative estimate of drug-likeness (QED) is 0.623. The summed E-state index contributed by atoms with van der Waals surface area (Å²) in [5.74, 6) is 1.26. The lowest BCUT2D eigenvalue weighted by Crippen LogP contribution is -2.47. The molecule has 3 aromatic heterocycles. The van der Waals surface area contributed by atoms with Gasteiger partial charge in [-0.15, -0.1) is 0 Å². The summed E-state index contributed by atoms with van der Waals surface area (Å²) in [6.45, 7) is 9.32. The van der Waals surface area contributed by atoms with Gasteiger partial charge in [0.05, 0.1) is 23.1 Å². The van der Waals surface area contributed by atoms with Gasteiger partial charge in [-0.2, -0.15) is 4.98 Å². The molecule has 8 nitrogen and oxygen atoms in total. The molecule has 0 aliphatic carbocycles. The predicted octanol–water partition coefficient (Wildman–Crippen LogP) is 2.34. The fourth-order valence-electron chi connectivity index (χ4n) is 4.12. The predicted molar refractivity (Wildman–Crippen MR) is 124 cm³/mol. The number of hydrogen-bond donors (Lipinski definition) is 2. The average molecular weight is 423 g/mol. The summed E-state index contributed by atoms with van der Waals surface area (Å²) in [4.78, 5) is 19.3. The van der Waals surface area contributed by atoms with Gasteiger partial charge in [0.2, 0.25) is 5.95 Å². The second-order valence-corrected chi connectivity index (χ2v) is 9.06. The molecule has 0 spiro atoms. The number of thiocarbonyl (C=S) groups is 1. The highest BCUT2D eigenvalue weighted by molar-refractivity contribution is 7.80. The second kappa shape index (κ2) is 7.17. The number of nitrogens with one attached hydrogen (secondary N) is 2. The minimum Gasteiger partial charge on any atom is -0.372 e. The minimum absolute atomic E-state index is 0.132. The van der Waals surface area contributed by atoms with E-state index in [1.165, 1.54) is 0 Å². The van der Waals surface area contributed by atoms with Gasteiger partial charge in [0, 0.05) is 44.3 Å². The molecule has 0 unspecified atom stereocenters. The molecule has 0 amide bonds. The van der Waals surface area contributed by atoms with E-state index in [0.29, 0.717) is 5.95 Å². The van der Waals surface area contributed by atoms with E-state index in [2.05, 4.69) is 68.0 Å². The van der Waals surface area contributed by atoms with Crippen LogP contribution < -0.4 is 15.5 Å². The minimum atomic E-state index is -0.132. The van der Waals surface area contributed by atoms with Gasteiger partial charge in [0.1, 0.15) is 16.5 Å². The van der Waals surface area contributed by atoms with Crippen LogP contribution in [0.4, 0.5) is 17.5 Å². The Morgan fingerprint density at radius 1 is 1.10 bits per heavy atom. The first-order valence-electron chi connectivity index (χ1n) is 10.2. The zero-order valence-corrected chi connectivity index (χ0v) is 18.3. The van der Waals surface area contributed by atoms with Gasteiger partial charge in [0.25, 0.3) is 0 Å². The molecule has 9 heteroatoms. The Balaban J connectivity index is 1.40. The molecular formula is C21H26N8S. The zero-order valence-electron chi connectivity index (χ0n) is 17.5. The monoisotopic (exact) mass is 422 g/mol. The van der Waals surface area contributed by atoms with E-state index in [4.69, 9.17) is 17.2 Å². The van der Waals surface area contributed by atoms with Gasteiger partial charge in [0.15, 0.2) is 0 Å². The third-order valence-corrected chi connectivity index (χ3v) is 6.27. The van der Waals surface area contributed by atoms with Crippen LogP contribution in [0.1, 0.15) is 19.5 Å². The highest BCUT2D eigenvalue weighted by atomic mass is 32.1. The molecule has 0 aromatic carbocycles. The number of fused-ring (bicyclic) bond motifs is 3. The van der Waals surface area contributed by atoms with Crippen LogP contribution in [0.5, 0.6) is 0 Å². The molecule has 3 aromatic rings. The molecule has 1 fully saturated rings. The lowest BCUT2D eigenvalue weighted by atomic mass is 10.0. The average Bonchev–Trinajstić information content (AvgIpc) is 3.13. The first-order valence-corrected chi connectivity index (χ1v) is 10.7. The summed E-state index contributed by atoms with van der Waals surface area (Å²) < 4.78 is 2.21. The molecule has 0 bridgehead atoms. The Kier molecular flexibility index (Phi) is 4.59. The smallest absolute Gasteiger partial charge is 0.230 e. The molecule has 2 aliphatic rings. The molecule has 30 heavy (non-hydrogen) atoms. The first kappa shape index (κ1) is 19.2. The van der Waals surface area contributed by atoms with Crippen molar-refractivity contribution in [2.75, 3.05) is 50.0 Å². The maximum Gasteiger partial charge on any atom is 0.230 e. The zero-order chi connectivity index (χ0) is 20.9. The molecule has 2 aliphatic heterocycles. The molecule has 2 N–H and O–H groups in total. The number of hydrogen-bond acceptors (Lipinski definition) is 7. The normalized spacial score (nSPS) is 18.9. The lowest BCUT2D eigenvalue weighted by Gasteiger charge is -2.35. The van der Waals surface area contributed by atoms with E-state index < -0.39 is 0 Å². The first-order chi connectivity index (χ1) is 14.4. The van der Waals surface area contributed by atoms with Gasteiger partial charge in [-0.25, -0.2) is 9.97 Å². The van der Waals surface area contributed by atoms with E-state index in [9.17, 15) is 0 Å². The molecule has 0 atom stereocenters. The van der Waals surface area contributed by atoms with Gasteiger partial charge < -0.3 is 25.0 Å². The van der Waals surface area contributed by atoms with Crippen molar-refractivity contribution >= 4 is 45.7 Å². The number of piperazine rings is 1. The second-order valence-electron chi connectivity index (χ2n) is 8.65. The van der Waals surface area contributed by atoms with Crippen molar-refractivity contribution in [1.29, 1.82) is 0 Å². The van der Waals surface area contributed by atoms with Gasteiger partial charge in [-0.1, -0.05) is 12.2 Å². The van der Waals surface area contributed by atoms with E-state index in [-0.39, 0.29) is 5.54 Å². The van der Waals surface area contributed by atoms with Crippen LogP contribution in [-0.4, -0.2) is 69.2 Å². The van der Waals surface area contributed by atoms with Gasteiger partial charge in [-0.05, 0) is 39.1 Å². The topological polar surface area (TPSA) is 74.1 Å². The van der Waals surface area contributed by atoms with E-state index >= 15 is 0 Å². The fourth-order valence-corrected chi connectivity index (χ4v) is 4.34. The summed E-state index contributed by atoms with van der Waals surface area (Å²) in [7, 11) is 2.16. The lowest BCUT2D eigenvalue weighted by molar-refractivity contribution is 0.313. The van der Waals surface area contributed by atoms with Crippen LogP contribution in [0.25, 0.3) is 11.0 Å². The fraction of sp³-hybridized carbons (Fsp3) is 0.429. The van der Waals surface area contributed by atoms with Crippen LogP contribution in [0.2, 0.25) is 0 Å². The molecule has 156 valence electrons. The number of likely N-dealkylation sites (N-methyl/N-ethyl adjacent to an activating group) is 1. The van der Waals surface area contributed by atoms with Crippen LogP contribution in [0.3, 0.4) is 0 Å². The molecular weight excluding hydrogens is 396 g/mol. The van der Waals surface area contributed by atoms with Crippen molar-refractivity contribution in [3.8, 4) is 0 Å². The van der Waals surface area contributed by atoms with E-state index in [1.54, 1.807) is 0 Å². The summed E-state index contributed by atoms with van der Waals surface area (Å²) in [5, 5.41) is 7.53. The van der Waals surface area contributed by atoms with Crippen molar-refractivity contribution in [1.82, 2.24) is 29.7 Å². The van der Waals surface area contributed by atoms with Gasteiger partial charge >= 0.3 is 0 Å². The van der Waals surface area contributed by atoms with Crippen LogP contribution in [-0.2, 0) is 5.54 Å². The Bertz CT molecular complexity index is 1100. The number of anilines is 3. The molecule has 0 saturated carbocycles. The van der Waals surface area contributed by atoms with Crippen molar-refractivity contribution in [2.24, 2.45) is 0 Å². The Hall–Kier alpha value is -2.78. The van der Waals surface area contributed by atoms with E-state index in [1.807, 2.05) is 18.5 Å². The van der Waals surface area contributed by atoms with E-state index in [0.717, 1.165) is 65.9 Å². The number of nitrogens with zero attached hydrogens (tertiary/aromatic N) is 6. The largest absolute Gasteiger partial charge is 0.372 e. The van der Waals surface area contributed by atoms with Crippen LogP contribution in [0.15, 0.2) is 30.6 Å². The molecule has 1 saturated heterocycles. The SMILES string of the molecule is CN1CCN(c2ccc(Nc3ncc4cc5n(c4n3)C(C)(C)CNC5=S)nc2)CC1. The molecule has 5 rings (SSSR count). The molecule has 5 heterocycles. The molecule has 0 radical (unpaired) electrons. The number of pyridine rings is 1. The third kappa shape index (κ3) is 3.37. The Morgan fingerprint density at radius 3 is 2.63 bits per heavy atom. The summed E-state index contributed by atoms with van der Waals surface area (Å²) in [5.41, 5.74) is 2.88. The Labute approximate surface area is 181 Å². The standard InChI is InChI=1S/C21H26N8S/c1-21(2)13-24-19(30)16-10-14-11-23-20(26-18(14)29(16)21)25-17-5-4-15(12-22-17)28-8-6-27(3)7-9-28/h4-5,10-12H,6-9,13H2,1-3H3,(H,24,30)(H,22,23,25,26). The summed E-state index contributed by atoms with van der Waals surface area (Å²) >= 11 is 5.50.